The zero-order chi connectivity index (χ0) is 11.4. The number of aldehydes is 1. The van der Waals surface area contributed by atoms with E-state index in [2.05, 4.69) is 9.97 Å². The molecule has 0 saturated carbocycles. The first-order valence-corrected chi connectivity index (χ1v) is 5.68. The van der Waals surface area contributed by atoms with E-state index >= 15 is 0 Å². The fourth-order valence-electron chi connectivity index (χ4n) is 1.17. The van der Waals surface area contributed by atoms with Crippen molar-refractivity contribution >= 4 is 29.6 Å². The highest BCUT2D eigenvalue weighted by Crippen LogP contribution is 2.33. The Balaban J connectivity index is 2.38. The summed E-state index contributed by atoms with van der Waals surface area (Å²) in [5.41, 5.74) is 0.558. The quantitative estimate of drug-likeness (QED) is 0.785. The van der Waals surface area contributed by atoms with E-state index in [9.17, 15) is 4.79 Å². The molecular weight excluding hydrogens is 244 g/mol. The molecule has 2 aromatic rings. The first kappa shape index (κ1) is 11.1. The van der Waals surface area contributed by atoms with Crippen LogP contribution >= 0.6 is 23.4 Å². The summed E-state index contributed by atoms with van der Waals surface area (Å²) < 4.78 is 0. The van der Waals surface area contributed by atoms with E-state index in [1.165, 1.54) is 11.8 Å². The maximum absolute atomic E-state index is 10.9. The molecule has 0 aliphatic rings. The summed E-state index contributed by atoms with van der Waals surface area (Å²) in [5, 5.41) is 1.25. The number of nitrogens with zero attached hydrogens (tertiary/aromatic N) is 2. The molecule has 5 heteroatoms. The summed E-state index contributed by atoms with van der Waals surface area (Å²) >= 11 is 7.36. The van der Waals surface area contributed by atoms with Crippen LogP contribution < -0.4 is 0 Å². The second-order valence-corrected chi connectivity index (χ2v) is 4.36. The molecule has 0 saturated heterocycles. The topological polar surface area (TPSA) is 42.9 Å². The van der Waals surface area contributed by atoms with E-state index in [1.54, 1.807) is 36.8 Å². The van der Waals surface area contributed by atoms with Gasteiger partial charge in [-0.05, 0) is 6.07 Å². The monoisotopic (exact) mass is 250 g/mol. The Bertz CT molecular complexity index is 505. The standard InChI is InChI=1S/C11H7ClN2OS/c12-9-3-1-2-8(7-15)11(9)16-10-6-13-4-5-14-10/h1-7H. The fourth-order valence-corrected chi connectivity index (χ4v) is 2.30. The van der Waals surface area contributed by atoms with Crippen LogP contribution in [0.3, 0.4) is 0 Å². The molecule has 2 rings (SSSR count). The minimum atomic E-state index is 0.542. The van der Waals surface area contributed by atoms with E-state index in [4.69, 9.17) is 11.6 Å². The van der Waals surface area contributed by atoms with Gasteiger partial charge in [0.05, 0.1) is 11.2 Å². The third kappa shape index (κ3) is 2.40. The Morgan fingerprint density at radius 3 is 2.88 bits per heavy atom. The molecule has 0 N–H and O–H groups in total. The van der Waals surface area contributed by atoms with Gasteiger partial charge in [0.2, 0.25) is 0 Å². The van der Waals surface area contributed by atoms with Crippen molar-refractivity contribution in [3.63, 3.8) is 0 Å². The van der Waals surface area contributed by atoms with Crippen LogP contribution in [-0.2, 0) is 0 Å². The van der Waals surface area contributed by atoms with E-state index in [0.717, 1.165) is 6.29 Å². The van der Waals surface area contributed by atoms with E-state index < -0.39 is 0 Å². The van der Waals surface area contributed by atoms with Gasteiger partial charge in [0, 0.05) is 22.9 Å². The molecule has 1 aromatic carbocycles. The number of halogens is 1. The maximum Gasteiger partial charge on any atom is 0.151 e. The van der Waals surface area contributed by atoms with Crippen LogP contribution in [0.25, 0.3) is 0 Å². The van der Waals surface area contributed by atoms with Gasteiger partial charge in [-0.2, -0.15) is 0 Å². The Hall–Kier alpha value is -1.39. The van der Waals surface area contributed by atoms with Crippen LogP contribution in [0.4, 0.5) is 0 Å². The average Bonchev–Trinajstić information content (AvgIpc) is 2.33. The van der Waals surface area contributed by atoms with Crippen LogP contribution in [0.5, 0.6) is 0 Å². The fraction of sp³-hybridized carbons (Fsp3) is 0. The predicted molar refractivity (Wildman–Crippen MR) is 63.0 cm³/mol. The number of rotatable bonds is 3. The van der Waals surface area contributed by atoms with Crippen molar-refractivity contribution in [2.24, 2.45) is 0 Å². The van der Waals surface area contributed by atoms with Gasteiger partial charge in [-0.3, -0.25) is 9.78 Å². The Morgan fingerprint density at radius 2 is 2.19 bits per heavy atom. The van der Waals surface area contributed by atoms with Crippen molar-refractivity contribution in [1.29, 1.82) is 0 Å². The zero-order valence-corrected chi connectivity index (χ0v) is 9.70. The molecule has 3 nitrogen and oxygen atoms in total. The third-order valence-corrected chi connectivity index (χ3v) is 3.38. The van der Waals surface area contributed by atoms with Gasteiger partial charge < -0.3 is 0 Å². The second kappa shape index (κ2) is 5.09. The van der Waals surface area contributed by atoms with Gasteiger partial charge in [-0.25, -0.2) is 4.98 Å². The van der Waals surface area contributed by atoms with E-state index in [0.29, 0.717) is 20.5 Å². The van der Waals surface area contributed by atoms with Crippen LogP contribution in [0.15, 0.2) is 46.7 Å². The molecule has 0 fully saturated rings. The third-order valence-electron chi connectivity index (χ3n) is 1.87. The summed E-state index contributed by atoms with van der Waals surface area (Å²) in [6.45, 7) is 0. The summed E-state index contributed by atoms with van der Waals surface area (Å²) in [7, 11) is 0. The molecule has 0 bridgehead atoms. The van der Waals surface area contributed by atoms with Gasteiger partial charge in [0.1, 0.15) is 5.03 Å². The van der Waals surface area contributed by atoms with Gasteiger partial charge in [0.25, 0.3) is 0 Å². The predicted octanol–water partition coefficient (Wildman–Crippen LogP) is 3.09. The molecule has 0 unspecified atom stereocenters. The van der Waals surface area contributed by atoms with Crippen molar-refractivity contribution < 1.29 is 4.79 Å². The smallest absolute Gasteiger partial charge is 0.151 e. The van der Waals surface area contributed by atoms with Gasteiger partial charge >= 0.3 is 0 Å². The second-order valence-electron chi connectivity index (χ2n) is 2.92. The molecule has 80 valence electrons. The number of benzene rings is 1. The lowest BCUT2D eigenvalue weighted by Gasteiger charge is -2.05. The summed E-state index contributed by atoms with van der Waals surface area (Å²) in [5.74, 6) is 0. The number of aromatic nitrogens is 2. The lowest BCUT2D eigenvalue weighted by atomic mass is 10.2. The van der Waals surface area contributed by atoms with Crippen LogP contribution in [0, 0.1) is 0 Å². The molecule has 0 aliphatic heterocycles. The summed E-state index contributed by atoms with van der Waals surface area (Å²) in [4.78, 5) is 19.6. The highest BCUT2D eigenvalue weighted by Gasteiger charge is 2.08. The van der Waals surface area contributed by atoms with Crippen LogP contribution in [0.2, 0.25) is 5.02 Å². The van der Waals surface area contributed by atoms with Crippen molar-refractivity contribution in [1.82, 2.24) is 9.97 Å². The van der Waals surface area contributed by atoms with Crippen molar-refractivity contribution in [2.45, 2.75) is 9.92 Å². The zero-order valence-electron chi connectivity index (χ0n) is 8.13. The Kier molecular flexibility index (Phi) is 3.54. The highest BCUT2D eigenvalue weighted by molar-refractivity contribution is 7.99. The lowest BCUT2D eigenvalue weighted by Crippen LogP contribution is -1.87. The van der Waals surface area contributed by atoms with Crippen molar-refractivity contribution in [3.05, 3.63) is 47.4 Å². The van der Waals surface area contributed by atoms with Crippen LogP contribution in [-0.4, -0.2) is 16.3 Å². The average molecular weight is 251 g/mol. The largest absolute Gasteiger partial charge is 0.298 e. The molecule has 16 heavy (non-hydrogen) atoms. The summed E-state index contributed by atoms with van der Waals surface area (Å²) in [6.07, 6.45) is 5.60. The minimum Gasteiger partial charge on any atom is -0.298 e. The van der Waals surface area contributed by atoms with Gasteiger partial charge in [-0.1, -0.05) is 35.5 Å². The molecule has 0 radical (unpaired) electrons. The summed E-state index contributed by atoms with van der Waals surface area (Å²) in [6, 6.07) is 5.21. The van der Waals surface area contributed by atoms with Crippen LogP contribution in [0.1, 0.15) is 10.4 Å². The Labute approximate surface area is 102 Å². The molecule has 1 heterocycles. The Morgan fingerprint density at radius 1 is 1.31 bits per heavy atom. The number of hydrogen-bond donors (Lipinski definition) is 0. The van der Waals surface area contributed by atoms with E-state index in [-0.39, 0.29) is 0 Å². The molecule has 1 aromatic heterocycles. The highest BCUT2D eigenvalue weighted by atomic mass is 35.5. The maximum atomic E-state index is 10.9. The minimum absolute atomic E-state index is 0.542. The van der Waals surface area contributed by atoms with Crippen molar-refractivity contribution in [2.75, 3.05) is 0 Å². The first-order chi connectivity index (χ1) is 7.81. The molecule has 0 amide bonds. The van der Waals surface area contributed by atoms with Gasteiger partial charge in [0.15, 0.2) is 6.29 Å². The number of carbonyl (C=O) groups is 1. The normalized spacial score (nSPS) is 10.1. The lowest BCUT2D eigenvalue weighted by molar-refractivity contribution is 0.112. The van der Waals surface area contributed by atoms with Gasteiger partial charge in [-0.15, -0.1) is 0 Å². The molecule has 0 aliphatic carbocycles. The number of carbonyl (C=O) groups excluding carboxylic acids is 1. The molecule has 0 atom stereocenters. The molecule has 0 spiro atoms. The number of hydrogen-bond acceptors (Lipinski definition) is 4. The first-order valence-electron chi connectivity index (χ1n) is 4.49. The van der Waals surface area contributed by atoms with E-state index in [1.807, 2.05) is 0 Å². The SMILES string of the molecule is O=Cc1cccc(Cl)c1Sc1cnccn1. The van der Waals surface area contributed by atoms with Crippen molar-refractivity contribution in [3.8, 4) is 0 Å². The molecular formula is C11H7ClN2OS.